The number of azide groups is 2. The Morgan fingerprint density at radius 3 is 1.17 bits per heavy atom. The number of nitrogens with two attached hydrogens (primary N) is 1. The average molecular weight is 685 g/mol. The Balaban J connectivity index is -0.000000715. The molecule has 0 aliphatic carbocycles. The van der Waals surface area contributed by atoms with Crippen LogP contribution in [0.1, 0.15) is 194 Å². The molecule has 47 heavy (non-hydrogen) atoms. The van der Waals surface area contributed by atoms with Gasteiger partial charge in [0, 0.05) is 42.3 Å². The summed E-state index contributed by atoms with van der Waals surface area (Å²) in [6, 6.07) is 0. The van der Waals surface area contributed by atoms with E-state index in [0.717, 1.165) is 25.7 Å². The van der Waals surface area contributed by atoms with Crippen LogP contribution in [0.3, 0.4) is 0 Å². The lowest BCUT2D eigenvalue weighted by molar-refractivity contribution is -0.121. The first-order chi connectivity index (χ1) is 23.0. The van der Waals surface area contributed by atoms with Crippen LogP contribution >= 0.6 is 11.6 Å². The molecule has 3 N–H and O–H groups in total. The number of nitrogens with zero attached hydrogens (tertiary/aromatic N) is 6. The molecule has 0 aliphatic heterocycles. The van der Waals surface area contributed by atoms with Gasteiger partial charge in [-0.2, -0.15) is 0 Å². The number of unbranched alkanes of at least 4 members (excludes halogenated alkanes) is 24. The van der Waals surface area contributed by atoms with Crippen LogP contribution in [-0.4, -0.2) is 37.3 Å². The third-order valence-electron chi connectivity index (χ3n) is 7.87. The highest BCUT2D eigenvalue weighted by Crippen LogP contribution is 2.14. The summed E-state index contributed by atoms with van der Waals surface area (Å²) in [6.45, 7) is 6.14. The quantitative estimate of drug-likeness (QED) is 0.0231. The molecule has 0 heterocycles. The van der Waals surface area contributed by atoms with Crippen LogP contribution in [0.15, 0.2) is 10.2 Å². The first-order valence-corrected chi connectivity index (χ1v) is 19.5. The van der Waals surface area contributed by atoms with Gasteiger partial charge in [0.05, 0.1) is 0 Å². The minimum atomic E-state index is -0.182. The van der Waals surface area contributed by atoms with Gasteiger partial charge in [-0.1, -0.05) is 178 Å². The monoisotopic (exact) mass is 685 g/mol. The fourth-order valence-electron chi connectivity index (χ4n) is 5.07. The lowest BCUT2D eigenvalue weighted by Crippen LogP contribution is -2.25. The van der Waals surface area contributed by atoms with Crippen molar-refractivity contribution in [3.05, 3.63) is 20.9 Å². The number of hydrogen-bond donors (Lipinski definition) is 2. The van der Waals surface area contributed by atoms with Crippen molar-refractivity contribution < 1.29 is 9.59 Å². The van der Waals surface area contributed by atoms with Gasteiger partial charge in [0.2, 0.25) is 11.1 Å². The number of carbonyl (C=O) groups excluding carboxylic acids is 2. The Kier molecular flexibility index (Phi) is 50.9. The van der Waals surface area contributed by atoms with Gasteiger partial charge >= 0.3 is 0 Å². The Labute approximate surface area is 293 Å². The standard InChI is InChI=1S/C18H36N4O.C16H31ClO.C2H6N4/c1-2-3-4-5-6-7-8-9-10-11-12-13-14-15-18(23)20-16-17-21-22-19;1-2-3-4-5-6-7-8-9-10-11-12-13-14-15-16(17)18;3-1-2-5-6-4/h2-17H2,1H3,(H,20,23);2-15H2,1H3;1-3H2. The summed E-state index contributed by atoms with van der Waals surface area (Å²) in [5, 5.41) is 9.10. The zero-order valence-electron chi connectivity index (χ0n) is 30.6. The molecule has 0 radical (unpaired) electrons. The van der Waals surface area contributed by atoms with E-state index in [4.69, 9.17) is 28.4 Å². The highest BCUT2D eigenvalue weighted by molar-refractivity contribution is 6.63. The molecule has 0 saturated carbocycles. The second kappa shape index (κ2) is 48.4. The third-order valence-corrected chi connectivity index (χ3v) is 8.06. The second-order valence-electron chi connectivity index (χ2n) is 12.4. The van der Waals surface area contributed by atoms with E-state index < -0.39 is 0 Å². The van der Waals surface area contributed by atoms with Crippen molar-refractivity contribution >= 4 is 22.8 Å². The van der Waals surface area contributed by atoms with Gasteiger partial charge in [-0.05, 0) is 42.0 Å². The van der Waals surface area contributed by atoms with Gasteiger partial charge in [0.15, 0.2) is 0 Å². The first kappa shape index (κ1) is 49.4. The van der Waals surface area contributed by atoms with Crippen LogP contribution in [0.2, 0.25) is 0 Å². The minimum absolute atomic E-state index is 0.0706. The van der Waals surface area contributed by atoms with Crippen molar-refractivity contribution in [1.82, 2.24) is 5.32 Å². The minimum Gasteiger partial charge on any atom is -0.356 e. The molecule has 276 valence electrons. The van der Waals surface area contributed by atoms with Crippen LogP contribution in [0.25, 0.3) is 20.9 Å². The van der Waals surface area contributed by atoms with E-state index >= 15 is 0 Å². The maximum Gasteiger partial charge on any atom is 0.221 e. The number of hydrogen-bond acceptors (Lipinski definition) is 5. The molecule has 10 nitrogen and oxygen atoms in total. The van der Waals surface area contributed by atoms with Crippen molar-refractivity contribution in [1.29, 1.82) is 0 Å². The topological polar surface area (TPSA) is 170 Å². The van der Waals surface area contributed by atoms with Crippen molar-refractivity contribution in [3.63, 3.8) is 0 Å². The van der Waals surface area contributed by atoms with Crippen molar-refractivity contribution in [2.45, 2.75) is 194 Å². The summed E-state index contributed by atoms with van der Waals surface area (Å²) >= 11 is 5.28. The lowest BCUT2D eigenvalue weighted by Gasteiger charge is -2.04. The second-order valence-corrected chi connectivity index (χ2v) is 12.8. The predicted molar refractivity (Wildman–Crippen MR) is 202 cm³/mol. The smallest absolute Gasteiger partial charge is 0.221 e. The Morgan fingerprint density at radius 2 is 0.872 bits per heavy atom. The van der Waals surface area contributed by atoms with Crippen molar-refractivity contribution in [2.75, 3.05) is 26.2 Å². The van der Waals surface area contributed by atoms with Crippen LogP contribution in [0.4, 0.5) is 0 Å². The van der Waals surface area contributed by atoms with Gasteiger partial charge in [-0.3, -0.25) is 9.59 Å². The molecular formula is C36H73ClN8O2. The molecule has 0 atom stereocenters. The number of carbonyl (C=O) groups is 2. The summed E-state index contributed by atoms with van der Waals surface area (Å²) in [7, 11) is 0. The summed E-state index contributed by atoms with van der Waals surface area (Å²) < 4.78 is 0. The third kappa shape index (κ3) is 56.7. The van der Waals surface area contributed by atoms with E-state index in [1.807, 2.05) is 0 Å². The largest absolute Gasteiger partial charge is 0.356 e. The molecule has 0 aromatic carbocycles. The molecule has 0 unspecified atom stereocenters. The van der Waals surface area contributed by atoms with Gasteiger partial charge in [0.25, 0.3) is 0 Å². The molecular weight excluding hydrogens is 612 g/mol. The molecule has 0 fully saturated rings. The number of nitrogens with one attached hydrogen (secondary N) is 1. The summed E-state index contributed by atoms with van der Waals surface area (Å²) in [5.41, 5.74) is 20.7. The van der Waals surface area contributed by atoms with Crippen LogP contribution in [0, 0.1) is 0 Å². The van der Waals surface area contributed by atoms with E-state index in [1.165, 1.54) is 141 Å². The first-order valence-electron chi connectivity index (χ1n) is 19.2. The van der Waals surface area contributed by atoms with Gasteiger partial charge in [-0.25, -0.2) is 0 Å². The molecule has 0 aliphatic rings. The summed E-state index contributed by atoms with van der Waals surface area (Å²) in [4.78, 5) is 27.1. The number of amides is 1. The average Bonchev–Trinajstić information content (AvgIpc) is 3.07. The highest BCUT2D eigenvalue weighted by Gasteiger charge is 2.00. The zero-order valence-corrected chi connectivity index (χ0v) is 31.3. The fourth-order valence-corrected chi connectivity index (χ4v) is 5.20. The van der Waals surface area contributed by atoms with E-state index in [-0.39, 0.29) is 11.1 Å². The maximum absolute atomic E-state index is 11.5. The van der Waals surface area contributed by atoms with Gasteiger partial charge in [-0.15, -0.1) is 0 Å². The van der Waals surface area contributed by atoms with Crippen LogP contribution < -0.4 is 11.1 Å². The molecule has 0 rings (SSSR count). The van der Waals surface area contributed by atoms with E-state index in [2.05, 4.69) is 39.2 Å². The van der Waals surface area contributed by atoms with Gasteiger partial charge < -0.3 is 11.1 Å². The van der Waals surface area contributed by atoms with Crippen LogP contribution in [0.5, 0.6) is 0 Å². The predicted octanol–water partition coefficient (Wildman–Crippen LogP) is 12.4. The number of rotatable bonds is 33. The SMILES string of the molecule is CCCCCCCCCCCCCCCC(=O)Cl.CCCCCCCCCCCCCCCC(=O)NCCN=[N+]=[N-].[N-]=[N+]=NCCN. The normalized spacial score (nSPS) is 10.0. The Bertz CT molecular complexity index is 744. The number of halogens is 1. The maximum atomic E-state index is 11.5. The van der Waals surface area contributed by atoms with E-state index in [9.17, 15) is 9.59 Å². The highest BCUT2D eigenvalue weighted by atomic mass is 35.5. The van der Waals surface area contributed by atoms with Crippen molar-refractivity contribution in [2.24, 2.45) is 16.0 Å². The van der Waals surface area contributed by atoms with E-state index in [1.54, 1.807) is 0 Å². The van der Waals surface area contributed by atoms with Crippen LogP contribution in [-0.2, 0) is 9.59 Å². The Morgan fingerprint density at radius 1 is 0.553 bits per heavy atom. The molecule has 0 aromatic rings. The molecule has 0 aromatic heterocycles. The molecule has 0 bridgehead atoms. The molecule has 11 heteroatoms. The van der Waals surface area contributed by atoms with E-state index in [0.29, 0.717) is 39.0 Å². The summed E-state index contributed by atoms with van der Waals surface area (Å²) in [6.07, 6.45) is 35.6. The zero-order chi connectivity index (χ0) is 35.3. The molecule has 0 saturated heterocycles. The molecule has 0 spiro atoms. The van der Waals surface area contributed by atoms with Gasteiger partial charge in [0.1, 0.15) is 0 Å². The van der Waals surface area contributed by atoms with Crippen molar-refractivity contribution in [3.8, 4) is 0 Å². The molecule has 1 amide bonds. The lowest BCUT2D eigenvalue weighted by atomic mass is 10.0. The summed E-state index contributed by atoms with van der Waals surface area (Å²) in [5.74, 6) is 0.0706. The fraction of sp³-hybridized carbons (Fsp3) is 0.944. The Hall–Kier alpha value is -1.99.